The molecule has 0 radical (unpaired) electrons. The summed E-state index contributed by atoms with van der Waals surface area (Å²) < 4.78 is 0. The summed E-state index contributed by atoms with van der Waals surface area (Å²) in [4.78, 5) is 23.7. The second-order valence-corrected chi connectivity index (χ2v) is 7.26. The van der Waals surface area contributed by atoms with Gasteiger partial charge in [0.25, 0.3) is 0 Å². The third kappa shape index (κ3) is 2.94. The summed E-state index contributed by atoms with van der Waals surface area (Å²) in [7, 11) is 0. The lowest BCUT2D eigenvalue weighted by Gasteiger charge is -2.36. The maximum absolute atomic E-state index is 12.6. The summed E-state index contributed by atoms with van der Waals surface area (Å²) in [6.07, 6.45) is 3.62. The van der Waals surface area contributed by atoms with Crippen LogP contribution in [-0.4, -0.2) is 17.9 Å². The van der Waals surface area contributed by atoms with Gasteiger partial charge in [0.2, 0.25) is 11.8 Å². The molecule has 1 spiro atoms. The molecule has 2 aromatic rings. The monoisotopic (exact) mass is 349 g/mol. The summed E-state index contributed by atoms with van der Waals surface area (Å²) >= 11 is 0. The zero-order valence-corrected chi connectivity index (χ0v) is 14.8. The zero-order chi connectivity index (χ0) is 18.1. The van der Waals surface area contributed by atoms with Gasteiger partial charge in [-0.25, -0.2) is 0 Å². The fourth-order valence-electron chi connectivity index (χ4n) is 4.21. The van der Waals surface area contributed by atoms with Gasteiger partial charge in [-0.05, 0) is 61.6 Å². The highest BCUT2D eigenvalue weighted by molar-refractivity contribution is 6.06. The minimum Gasteiger partial charge on any atom is -0.382 e. The van der Waals surface area contributed by atoms with E-state index in [9.17, 15) is 9.59 Å². The largest absolute Gasteiger partial charge is 0.382 e. The topological polar surface area (TPSA) is 70.2 Å². The van der Waals surface area contributed by atoms with Crippen LogP contribution in [0.1, 0.15) is 38.2 Å². The molecule has 1 saturated carbocycles. The Kier molecular flexibility index (Phi) is 4.15. The normalized spacial score (nSPS) is 24.0. The molecule has 1 fully saturated rings. The number of hydrogen-bond acceptors (Lipinski definition) is 3. The van der Waals surface area contributed by atoms with Crippen LogP contribution in [0.25, 0.3) is 0 Å². The van der Waals surface area contributed by atoms with Crippen LogP contribution in [-0.2, 0) is 15.0 Å². The molecule has 2 aromatic carbocycles. The van der Waals surface area contributed by atoms with Crippen molar-refractivity contribution in [3.63, 3.8) is 0 Å². The maximum Gasteiger partial charge on any atom is 0.235 e. The first-order valence-electron chi connectivity index (χ1n) is 9.12. The Balaban J connectivity index is 1.41. The SMILES string of the molecule is CC(=O)Nc1ccc(NC2CCC3(CC2)C(=O)Nc2ccccc23)cc1. The standard InChI is InChI=1S/C21H23N3O2/c1-14(25)22-15-6-8-16(9-7-15)23-17-10-12-21(13-11-17)18-4-2-3-5-19(18)24-20(21)26/h2-9,17,23H,10-13H2,1H3,(H,22,25)(H,24,26). The molecule has 26 heavy (non-hydrogen) atoms. The van der Waals surface area contributed by atoms with E-state index in [1.165, 1.54) is 6.92 Å². The summed E-state index contributed by atoms with van der Waals surface area (Å²) in [6, 6.07) is 16.2. The van der Waals surface area contributed by atoms with Crippen LogP contribution >= 0.6 is 0 Å². The van der Waals surface area contributed by atoms with Gasteiger partial charge >= 0.3 is 0 Å². The minimum atomic E-state index is -0.357. The molecule has 4 rings (SSSR count). The van der Waals surface area contributed by atoms with Gasteiger partial charge < -0.3 is 16.0 Å². The highest BCUT2D eigenvalue weighted by Gasteiger charge is 2.48. The molecule has 3 N–H and O–H groups in total. The number of rotatable bonds is 3. The average molecular weight is 349 g/mol. The third-order valence-electron chi connectivity index (χ3n) is 5.54. The van der Waals surface area contributed by atoms with E-state index in [-0.39, 0.29) is 17.2 Å². The highest BCUT2D eigenvalue weighted by atomic mass is 16.2. The molecule has 0 saturated heterocycles. The Morgan fingerprint density at radius 3 is 2.38 bits per heavy atom. The lowest BCUT2D eigenvalue weighted by molar-refractivity contribution is -0.122. The molecule has 5 heteroatoms. The maximum atomic E-state index is 12.6. The number of carbonyl (C=O) groups is 2. The molecule has 2 amide bonds. The zero-order valence-electron chi connectivity index (χ0n) is 14.8. The fourth-order valence-corrected chi connectivity index (χ4v) is 4.21. The number of anilines is 3. The van der Waals surface area contributed by atoms with Crippen LogP contribution in [0, 0.1) is 0 Å². The van der Waals surface area contributed by atoms with Crippen molar-refractivity contribution >= 4 is 28.9 Å². The van der Waals surface area contributed by atoms with Gasteiger partial charge in [0.1, 0.15) is 0 Å². The van der Waals surface area contributed by atoms with Gasteiger partial charge in [0.05, 0.1) is 5.41 Å². The molecule has 5 nitrogen and oxygen atoms in total. The van der Waals surface area contributed by atoms with Crippen LogP contribution < -0.4 is 16.0 Å². The lowest BCUT2D eigenvalue weighted by Crippen LogP contribution is -2.41. The molecular weight excluding hydrogens is 326 g/mol. The Labute approximate surface area is 153 Å². The molecule has 1 heterocycles. The van der Waals surface area contributed by atoms with Crippen LogP contribution in [0.3, 0.4) is 0 Å². The molecule has 1 aliphatic heterocycles. The smallest absolute Gasteiger partial charge is 0.235 e. The number of benzene rings is 2. The van der Waals surface area contributed by atoms with E-state index in [1.54, 1.807) is 0 Å². The van der Waals surface area contributed by atoms with Crippen LogP contribution in [0.2, 0.25) is 0 Å². The van der Waals surface area contributed by atoms with Crippen molar-refractivity contribution in [2.45, 2.75) is 44.1 Å². The molecule has 0 aromatic heterocycles. The van der Waals surface area contributed by atoms with Crippen molar-refractivity contribution in [3.05, 3.63) is 54.1 Å². The van der Waals surface area contributed by atoms with E-state index in [0.29, 0.717) is 6.04 Å². The van der Waals surface area contributed by atoms with E-state index in [0.717, 1.165) is 48.3 Å². The third-order valence-corrected chi connectivity index (χ3v) is 5.54. The van der Waals surface area contributed by atoms with Gasteiger partial charge in [0, 0.05) is 30.0 Å². The number of nitrogens with one attached hydrogen (secondary N) is 3. The molecule has 2 aliphatic rings. The lowest BCUT2D eigenvalue weighted by atomic mass is 9.69. The van der Waals surface area contributed by atoms with Crippen LogP contribution in [0.5, 0.6) is 0 Å². The predicted octanol–water partition coefficient (Wildman–Crippen LogP) is 3.89. The van der Waals surface area contributed by atoms with Gasteiger partial charge in [-0.3, -0.25) is 9.59 Å². The number of para-hydroxylation sites is 1. The molecule has 0 atom stereocenters. The average Bonchev–Trinajstić information content (AvgIpc) is 2.90. The van der Waals surface area contributed by atoms with Crippen molar-refractivity contribution < 1.29 is 9.59 Å². The van der Waals surface area contributed by atoms with Crippen molar-refractivity contribution in [3.8, 4) is 0 Å². The van der Waals surface area contributed by atoms with Crippen molar-refractivity contribution in [2.75, 3.05) is 16.0 Å². The van der Waals surface area contributed by atoms with Crippen LogP contribution in [0.15, 0.2) is 48.5 Å². The second kappa shape index (κ2) is 6.48. The first-order chi connectivity index (χ1) is 12.6. The molecular formula is C21H23N3O2. The van der Waals surface area contributed by atoms with E-state index in [1.807, 2.05) is 42.5 Å². The van der Waals surface area contributed by atoms with E-state index in [2.05, 4.69) is 22.0 Å². The van der Waals surface area contributed by atoms with Gasteiger partial charge in [-0.1, -0.05) is 18.2 Å². The Morgan fingerprint density at radius 2 is 1.69 bits per heavy atom. The highest BCUT2D eigenvalue weighted by Crippen LogP contribution is 2.47. The molecule has 1 aliphatic carbocycles. The fraction of sp³-hybridized carbons (Fsp3) is 0.333. The number of amides is 2. The van der Waals surface area contributed by atoms with Gasteiger partial charge in [0.15, 0.2) is 0 Å². The van der Waals surface area contributed by atoms with E-state index in [4.69, 9.17) is 0 Å². The summed E-state index contributed by atoms with van der Waals surface area (Å²) in [6.45, 7) is 1.50. The van der Waals surface area contributed by atoms with Crippen LogP contribution in [0.4, 0.5) is 17.1 Å². The summed E-state index contributed by atoms with van der Waals surface area (Å²) in [5.41, 5.74) is 3.60. The Morgan fingerprint density at radius 1 is 1.04 bits per heavy atom. The number of carbonyl (C=O) groups excluding carboxylic acids is 2. The molecule has 134 valence electrons. The quantitative estimate of drug-likeness (QED) is 0.787. The van der Waals surface area contributed by atoms with E-state index < -0.39 is 0 Å². The molecule has 0 bridgehead atoms. The summed E-state index contributed by atoms with van der Waals surface area (Å²) in [5, 5.41) is 9.38. The van der Waals surface area contributed by atoms with Crippen molar-refractivity contribution in [2.24, 2.45) is 0 Å². The molecule has 0 unspecified atom stereocenters. The summed E-state index contributed by atoms with van der Waals surface area (Å²) in [5.74, 6) is 0.0789. The van der Waals surface area contributed by atoms with Crippen molar-refractivity contribution in [1.82, 2.24) is 0 Å². The number of fused-ring (bicyclic) bond motifs is 2. The van der Waals surface area contributed by atoms with Gasteiger partial charge in [-0.2, -0.15) is 0 Å². The van der Waals surface area contributed by atoms with Gasteiger partial charge in [-0.15, -0.1) is 0 Å². The van der Waals surface area contributed by atoms with Crippen molar-refractivity contribution in [1.29, 1.82) is 0 Å². The van der Waals surface area contributed by atoms with E-state index >= 15 is 0 Å². The number of hydrogen-bond donors (Lipinski definition) is 3. The predicted molar refractivity (Wildman–Crippen MR) is 103 cm³/mol. The minimum absolute atomic E-state index is 0.0709. The Bertz CT molecular complexity index is 837. The first kappa shape index (κ1) is 16.6. The Hall–Kier alpha value is -2.82. The first-order valence-corrected chi connectivity index (χ1v) is 9.12. The second-order valence-electron chi connectivity index (χ2n) is 7.26.